The van der Waals surface area contributed by atoms with Gasteiger partial charge in [0.25, 0.3) is 0 Å². The summed E-state index contributed by atoms with van der Waals surface area (Å²) in [6, 6.07) is 13.0. The predicted molar refractivity (Wildman–Crippen MR) is 126 cm³/mol. The molecular formula is C25H30N4O6. The number of hydrogen-bond donors (Lipinski definition) is 2. The van der Waals surface area contributed by atoms with E-state index in [1.54, 1.807) is 39.0 Å². The van der Waals surface area contributed by atoms with Crippen molar-refractivity contribution in [2.45, 2.75) is 45.1 Å². The van der Waals surface area contributed by atoms with Crippen LogP contribution in [0.2, 0.25) is 0 Å². The Balaban J connectivity index is 1.47. The first-order chi connectivity index (χ1) is 16.6. The molecule has 2 heterocycles. The molecule has 4 amide bonds. The Morgan fingerprint density at radius 2 is 1.86 bits per heavy atom. The van der Waals surface area contributed by atoms with Crippen molar-refractivity contribution in [2.75, 3.05) is 19.7 Å². The lowest BCUT2D eigenvalue weighted by Gasteiger charge is -2.31. The zero-order valence-corrected chi connectivity index (χ0v) is 20.0. The highest BCUT2D eigenvalue weighted by Gasteiger charge is 2.50. The van der Waals surface area contributed by atoms with E-state index in [1.165, 1.54) is 9.96 Å². The van der Waals surface area contributed by atoms with E-state index in [0.717, 1.165) is 11.1 Å². The van der Waals surface area contributed by atoms with E-state index in [9.17, 15) is 14.4 Å². The van der Waals surface area contributed by atoms with E-state index in [4.69, 9.17) is 20.0 Å². The first kappa shape index (κ1) is 24.3. The second kappa shape index (κ2) is 9.83. The Morgan fingerprint density at radius 1 is 1.11 bits per heavy atom. The maximum Gasteiger partial charge on any atom is 0.407 e. The SMILES string of the molecule is CC(C)(C)OC(=O)NCCOc1ccc2c(c1)C1CN(C(=O)N1OCc1ccccc1)C2C(N)=O. The average molecular weight is 483 g/mol. The van der Waals surface area contributed by atoms with Gasteiger partial charge < -0.3 is 25.4 Å². The van der Waals surface area contributed by atoms with Crippen molar-refractivity contribution in [2.24, 2.45) is 5.73 Å². The summed E-state index contributed by atoms with van der Waals surface area (Å²) in [7, 11) is 0. The molecule has 2 aliphatic rings. The van der Waals surface area contributed by atoms with Gasteiger partial charge in [0.2, 0.25) is 5.91 Å². The molecule has 2 bridgehead atoms. The van der Waals surface area contributed by atoms with E-state index < -0.39 is 35.7 Å². The Morgan fingerprint density at radius 3 is 2.54 bits per heavy atom. The minimum atomic E-state index is -0.887. The summed E-state index contributed by atoms with van der Waals surface area (Å²) >= 11 is 0. The zero-order chi connectivity index (χ0) is 25.2. The number of carbonyl (C=O) groups is 3. The van der Waals surface area contributed by atoms with Gasteiger partial charge in [0.1, 0.15) is 36.6 Å². The van der Waals surface area contributed by atoms with Gasteiger partial charge >= 0.3 is 12.1 Å². The average Bonchev–Trinajstić information content (AvgIpc) is 3.07. The van der Waals surface area contributed by atoms with Crippen molar-refractivity contribution in [1.82, 2.24) is 15.3 Å². The molecular weight excluding hydrogens is 452 g/mol. The van der Waals surface area contributed by atoms with Crippen molar-refractivity contribution >= 4 is 18.0 Å². The number of carbonyl (C=O) groups excluding carboxylic acids is 3. The number of primary amides is 1. The fourth-order valence-corrected chi connectivity index (χ4v) is 4.19. The number of nitrogens with two attached hydrogens (primary N) is 1. The number of nitrogens with one attached hydrogen (secondary N) is 1. The van der Waals surface area contributed by atoms with Crippen molar-refractivity contribution in [3.05, 3.63) is 65.2 Å². The molecule has 0 saturated carbocycles. The number of ether oxygens (including phenoxy) is 2. The molecule has 4 rings (SSSR count). The molecule has 0 spiro atoms. The summed E-state index contributed by atoms with van der Waals surface area (Å²) in [6.07, 6.45) is -0.522. The first-order valence-electron chi connectivity index (χ1n) is 11.4. The molecule has 186 valence electrons. The van der Waals surface area contributed by atoms with Crippen molar-refractivity contribution in [3.8, 4) is 5.75 Å². The highest BCUT2D eigenvalue weighted by molar-refractivity contribution is 5.90. The summed E-state index contributed by atoms with van der Waals surface area (Å²) in [6.45, 7) is 6.31. The molecule has 2 unspecified atom stereocenters. The molecule has 0 aromatic heterocycles. The van der Waals surface area contributed by atoms with Crippen LogP contribution in [-0.4, -0.2) is 53.3 Å². The fraction of sp³-hybridized carbons (Fsp3) is 0.400. The molecule has 10 heteroatoms. The monoisotopic (exact) mass is 482 g/mol. The van der Waals surface area contributed by atoms with Gasteiger partial charge in [0.15, 0.2) is 0 Å². The number of urea groups is 1. The van der Waals surface area contributed by atoms with E-state index in [0.29, 0.717) is 11.3 Å². The van der Waals surface area contributed by atoms with Crippen LogP contribution in [0.1, 0.15) is 49.5 Å². The van der Waals surface area contributed by atoms with Gasteiger partial charge in [-0.05, 0) is 49.6 Å². The van der Waals surface area contributed by atoms with E-state index >= 15 is 0 Å². The van der Waals surface area contributed by atoms with E-state index in [2.05, 4.69) is 5.32 Å². The van der Waals surface area contributed by atoms with Gasteiger partial charge in [-0.2, -0.15) is 5.06 Å². The second-order valence-corrected chi connectivity index (χ2v) is 9.41. The van der Waals surface area contributed by atoms with Gasteiger partial charge in [0.05, 0.1) is 13.1 Å². The van der Waals surface area contributed by atoms with Crippen LogP contribution in [0.15, 0.2) is 48.5 Å². The molecule has 2 atom stereocenters. The van der Waals surface area contributed by atoms with Crippen LogP contribution in [0.3, 0.4) is 0 Å². The largest absolute Gasteiger partial charge is 0.492 e. The number of hydrogen-bond acceptors (Lipinski definition) is 6. The normalized spacial score (nSPS) is 18.8. The van der Waals surface area contributed by atoms with Crippen LogP contribution < -0.4 is 15.8 Å². The van der Waals surface area contributed by atoms with Crippen molar-refractivity contribution in [1.29, 1.82) is 0 Å². The smallest absolute Gasteiger partial charge is 0.407 e. The van der Waals surface area contributed by atoms with Crippen LogP contribution in [0, 0.1) is 0 Å². The minimum absolute atomic E-state index is 0.208. The maximum absolute atomic E-state index is 13.1. The first-order valence-corrected chi connectivity index (χ1v) is 11.4. The lowest BCUT2D eigenvalue weighted by atomic mass is 9.90. The predicted octanol–water partition coefficient (Wildman–Crippen LogP) is 3.04. The Bertz CT molecular complexity index is 1100. The van der Waals surface area contributed by atoms with Crippen LogP contribution in [0.25, 0.3) is 0 Å². The number of hydroxylamine groups is 2. The number of fused-ring (bicyclic) bond motifs is 4. The molecule has 0 radical (unpaired) electrons. The molecule has 2 aromatic carbocycles. The summed E-state index contributed by atoms with van der Waals surface area (Å²) in [4.78, 5) is 44.5. The third-order valence-electron chi connectivity index (χ3n) is 5.63. The van der Waals surface area contributed by atoms with Crippen LogP contribution in [0.5, 0.6) is 5.75 Å². The van der Waals surface area contributed by atoms with Crippen molar-refractivity contribution in [3.63, 3.8) is 0 Å². The standard InChI is InChI=1S/C25H30N4O6/c1-25(2,3)35-23(31)27-11-12-33-17-9-10-18-19(13-17)20-14-28(21(18)22(26)30)24(32)29(20)34-15-16-7-5-4-6-8-16/h4-10,13,20-21H,11-12,14-15H2,1-3H3,(H2,26,30)(H,27,31). The Kier molecular flexibility index (Phi) is 6.83. The second-order valence-electron chi connectivity index (χ2n) is 9.41. The lowest BCUT2D eigenvalue weighted by Crippen LogP contribution is -2.41. The third-order valence-corrected chi connectivity index (χ3v) is 5.63. The molecule has 1 fully saturated rings. The number of nitrogens with zero attached hydrogens (tertiary/aromatic N) is 2. The van der Waals surface area contributed by atoms with Gasteiger partial charge in [-0.15, -0.1) is 0 Å². The molecule has 0 aliphatic carbocycles. The van der Waals surface area contributed by atoms with E-state index in [-0.39, 0.29) is 26.3 Å². The highest BCUT2D eigenvalue weighted by atomic mass is 16.7. The highest BCUT2D eigenvalue weighted by Crippen LogP contribution is 2.45. The molecule has 2 aromatic rings. The van der Waals surface area contributed by atoms with Gasteiger partial charge in [0, 0.05) is 0 Å². The number of benzene rings is 2. The molecule has 1 saturated heterocycles. The lowest BCUT2D eigenvalue weighted by molar-refractivity contribution is -0.141. The fourth-order valence-electron chi connectivity index (χ4n) is 4.19. The molecule has 2 aliphatic heterocycles. The maximum atomic E-state index is 13.1. The Hall–Kier alpha value is -3.79. The number of amides is 4. The van der Waals surface area contributed by atoms with Gasteiger partial charge in [-0.1, -0.05) is 36.4 Å². The third kappa shape index (κ3) is 5.48. The molecule has 10 nitrogen and oxygen atoms in total. The van der Waals surface area contributed by atoms with Gasteiger partial charge in [-0.25, -0.2) is 9.59 Å². The minimum Gasteiger partial charge on any atom is -0.492 e. The number of alkyl carbamates (subject to hydrolysis) is 1. The van der Waals surface area contributed by atoms with Crippen molar-refractivity contribution < 1.29 is 28.7 Å². The zero-order valence-electron chi connectivity index (χ0n) is 20.0. The van der Waals surface area contributed by atoms with Gasteiger partial charge in [-0.3, -0.25) is 9.63 Å². The summed E-state index contributed by atoms with van der Waals surface area (Å²) in [5.41, 5.74) is 7.39. The van der Waals surface area contributed by atoms with Crippen LogP contribution in [0.4, 0.5) is 9.59 Å². The van der Waals surface area contributed by atoms with E-state index in [1.807, 2.05) is 30.3 Å². The van der Waals surface area contributed by atoms with Crippen LogP contribution >= 0.6 is 0 Å². The Labute approximate surface area is 203 Å². The van der Waals surface area contributed by atoms with Crippen LogP contribution in [-0.2, 0) is 21.0 Å². The number of rotatable bonds is 8. The summed E-state index contributed by atoms with van der Waals surface area (Å²) < 4.78 is 11.0. The summed E-state index contributed by atoms with van der Waals surface area (Å²) in [5, 5.41) is 3.95. The summed E-state index contributed by atoms with van der Waals surface area (Å²) in [5.74, 6) is -0.0769. The quantitative estimate of drug-likeness (QED) is 0.558. The topological polar surface area (TPSA) is 123 Å². The molecule has 35 heavy (non-hydrogen) atoms. The molecule has 3 N–H and O–H groups in total.